The number of ether oxygens (including phenoxy) is 6. The Bertz CT molecular complexity index is 4700. The summed E-state index contributed by atoms with van der Waals surface area (Å²) in [4.78, 5) is 130. The number of carbonyl (C=O) groups excluding carboxylic acids is 9. The van der Waals surface area contributed by atoms with Gasteiger partial charge in [0.15, 0.2) is 40.8 Å². The second-order valence-corrected chi connectivity index (χ2v) is 29.8. The van der Waals surface area contributed by atoms with Crippen molar-refractivity contribution in [3.63, 3.8) is 0 Å². The van der Waals surface area contributed by atoms with Crippen LogP contribution in [0, 0.1) is 17.3 Å². The summed E-state index contributed by atoms with van der Waals surface area (Å²) in [6.07, 6.45) is 3.57. The molecule has 0 radical (unpaired) electrons. The molecule has 7 aromatic rings. The highest BCUT2D eigenvalue weighted by Crippen LogP contribution is 2.57. The number of nitrogens with zero attached hydrogens (tertiary/aromatic N) is 7. The molecule has 6 heterocycles. The van der Waals surface area contributed by atoms with E-state index < -0.39 is 47.9 Å². The van der Waals surface area contributed by atoms with Gasteiger partial charge in [0.1, 0.15) is 23.8 Å². The molecule has 1 aromatic heterocycles. The summed E-state index contributed by atoms with van der Waals surface area (Å²) in [6.45, 7) is 9.55. The summed E-state index contributed by atoms with van der Waals surface area (Å²) in [6, 6.07) is 35.0. The number of anilines is 2. The zero-order valence-corrected chi connectivity index (χ0v) is 62.8. The molecule has 570 valence electrons. The van der Waals surface area contributed by atoms with Gasteiger partial charge in [-0.3, -0.25) is 38.4 Å². The molecule has 13 rings (SSSR count). The van der Waals surface area contributed by atoms with E-state index in [1.54, 1.807) is 68.0 Å². The molecule has 1 aliphatic carbocycles. The molecule has 0 bridgehead atoms. The van der Waals surface area contributed by atoms with E-state index in [1.807, 2.05) is 108 Å². The third-order valence-electron chi connectivity index (χ3n) is 21.8. The Kier molecular flexibility index (Phi) is 22.8. The molecule has 1 saturated carbocycles. The quantitative estimate of drug-likeness (QED) is 0.0367. The zero-order chi connectivity index (χ0) is 76.9. The van der Waals surface area contributed by atoms with Crippen molar-refractivity contribution < 1.29 is 76.7 Å². The van der Waals surface area contributed by atoms with Gasteiger partial charge < -0.3 is 58.9 Å². The summed E-state index contributed by atoms with van der Waals surface area (Å²) in [5.41, 5.74) is 9.51. The van der Waals surface area contributed by atoms with Crippen LogP contribution in [0.15, 0.2) is 128 Å². The standard InChI is InChI=1S/C84H93N9O16/c1-49(2)64(39-60(95)44-85-75(97)30-26-59(94)27-31-76(98)90-45-56-14-9-10-15-62(56)77-78(93(50(3)4)88-87-77)63-16-11-12-17-67(63)90)79(99)86-51(5)70(96)36-52-18-20-53(21-19-52)47-109-83(103)92-68-42-74(72(106-8)41-66(68)81(101)91-48-84(32-33-84)43-69(91)82(92)102)108-35-13-34-107-73-38-55-22-25-58-37-57(54-23-28-61(104-6)29-24-54)46-89(58)80(100)65(55)40-71(73)105-7/h9-12,14-21,23-24,28-29,38,40-42,46,49-51,58,64,69,82,102H,13,22,25-27,30-37,39,43-45,47-48H2,1-8H3,(H,85,97)(H,86,99)/t51-,58+,64-,69-,82?/m0/s1. The number of fused-ring (bicyclic) bond motifs is 9. The van der Waals surface area contributed by atoms with Gasteiger partial charge in [-0.15, -0.1) is 5.10 Å². The van der Waals surface area contributed by atoms with Gasteiger partial charge in [-0.1, -0.05) is 97.9 Å². The first-order chi connectivity index (χ1) is 52.5. The average Bonchev–Trinajstić information content (AvgIpc) is 1.58. The van der Waals surface area contributed by atoms with Crippen molar-refractivity contribution in [1.82, 2.24) is 35.4 Å². The van der Waals surface area contributed by atoms with Crippen molar-refractivity contribution >= 4 is 69.9 Å². The fourth-order valence-corrected chi connectivity index (χ4v) is 15.4. The molecule has 2 fully saturated rings. The number of hydrogen-bond acceptors (Lipinski definition) is 18. The molecule has 25 heteroatoms. The van der Waals surface area contributed by atoms with Crippen LogP contribution in [-0.2, 0) is 59.5 Å². The molecule has 1 saturated heterocycles. The first-order valence-corrected chi connectivity index (χ1v) is 37.5. The molecule has 25 nitrogen and oxygen atoms in total. The number of para-hydroxylation sites is 1. The van der Waals surface area contributed by atoms with Crippen LogP contribution >= 0.6 is 0 Å². The SMILES string of the molecule is COc1ccc(C2=CN3C(=O)c4cc(OC)c(OCCCOc5cc6c(cc5OC)C(=O)N5CC7(CC7)C[C@H]5C(O)N6C(=O)OCc5ccc(CC(=O)[C@H](C)NC(=O)[C@@H](CC(=O)CNC(=O)CCC(=O)CCC(=O)N6Cc7ccccc7-c7nnn(C(C)C)c7-c7ccccc76)C(C)C)cc5)cc4CC[C@@H]3C2)cc1. The number of hydrogen-bond donors (Lipinski definition) is 3. The molecule has 6 aliphatic rings. The van der Waals surface area contributed by atoms with Crippen molar-refractivity contribution in [3.05, 3.63) is 166 Å². The fraction of sp³-hybridized carbons (Fsp3) is 0.417. The van der Waals surface area contributed by atoms with Crippen molar-refractivity contribution in [2.24, 2.45) is 17.3 Å². The summed E-state index contributed by atoms with van der Waals surface area (Å²) in [7, 11) is 4.61. The van der Waals surface area contributed by atoms with E-state index in [0.29, 0.717) is 59.7 Å². The van der Waals surface area contributed by atoms with Crippen molar-refractivity contribution in [2.45, 2.75) is 162 Å². The molecule has 5 atom stereocenters. The summed E-state index contributed by atoms with van der Waals surface area (Å²) >= 11 is 0. The zero-order valence-electron chi connectivity index (χ0n) is 62.8. The van der Waals surface area contributed by atoms with E-state index in [9.17, 15) is 48.3 Å². The Balaban J connectivity index is 0.569. The number of benzene rings is 6. The van der Waals surface area contributed by atoms with Crippen molar-refractivity contribution in [3.8, 4) is 51.3 Å². The molecule has 6 aromatic carbocycles. The molecule has 6 amide bonds. The number of carbonyl (C=O) groups is 9. The Hall–Kier alpha value is -11.2. The predicted octanol–water partition coefficient (Wildman–Crippen LogP) is 11.4. The lowest BCUT2D eigenvalue weighted by molar-refractivity contribution is -0.133. The van der Waals surface area contributed by atoms with E-state index in [4.69, 9.17) is 28.4 Å². The van der Waals surface area contributed by atoms with E-state index in [2.05, 4.69) is 20.9 Å². The van der Waals surface area contributed by atoms with Crippen LogP contribution in [0.2, 0.25) is 0 Å². The Labute approximate surface area is 633 Å². The smallest absolute Gasteiger partial charge is 0.416 e. The molecule has 1 unspecified atom stereocenters. The molecule has 1 spiro atoms. The van der Waals surface area contributed by atoms with Gasteiger partial charge >= 0.3 is 6.09 Å². The minimum absolute atomic E-state index is 0.00555. The maximum atomic E-state index is 14.5. The second kappa shape index (κ2) is 32.7. The van der Waals surface area contributed by atoms with Crippen LogP contribution in [-0.4, -0.2) is 155 Å². The Morgan fingerprint density at radius 3 is 2.06 bits per heavy atom. The third kappa shape index (κ3) is 16.5. The summed E-state index contributed by atoms with van der Waals surface area (Å²) in [5.74, 6) is -1.79. The van der Waals surface area contributed by atoms with Gasteiger partial charge in [0.05, 0.1) is 82.3 Å². The van der Waals surface area contributed by atoms with Gasteiger partial charge in [0.25, 0.3) is 11.8 Å². The Morgan fingerprint density at radius 2 is 1.37 bits per heavy atom. The van der Waals surface area contributed by atoms with Crippen LogP contribution in [0.25, 0.3) is 28.1 Å². The van der Waals surface area contributed by atoms with Crippen LogP contribution in [0.1, 0.15) is 160 Å². The van der Waals surface area contributed by atoms with Crippen molar-refractivity contribution in [2.75, 3.05) is 57.4 Å². The molecular formula is C84H93N9O16. The number of aryl methyl sites for hydroxylation is 1. The van der Waals surface area contributed by atoms with Gasteiger partial charge in [0, 0.05) is 98.4 Å². The van der Waals surface area contributed by atoms with Crippen LogP contribution in [0.3, 0.4) is 0 Å². The average molecular weight is 1480 g/mol. The van der Waals surface area contributed by atoms with E-state index in [0.717, 1.165) is 81.1 Å². The fourth-order valence-electron chi connectivity index (χ4n) is 15.4. The lowest BCUT2D eigenvalue weighted by Gasteiger charge is -2.31. The number of Topliss-reactive ketones (excluding diaryl/α,β-unsaturated/α-hetero) is 3. The highest BCUT2D eigenvalue weighted by Gasteiger charge is 2.58. The minimum Gasteiger partial charge on any atom is -0.497 e. The maximum Gasteiger partial charge on any atom is 0.416 e. The van der Waals surface area contributed by atoms with E-state index in [-0.39, 0.29) is 147 Å². The Morgan fingerprint density at radius 1 is 0.688 bits per heavy atom. The monoisotopic (exact) mass is 1480 g/mol. The number of ketones is 3. The minimum atomic E-state index is -1.48. The number of amides is 6. The lowest BCUT2D eigenvalue weighted by Crippen LogP contribution is -2.50. The maximum absolute atomic E-state index is 14.5. The largest absolute Gasteiger partial charge is 0.497 e. The number of aromatic nitrogens is 3. The van der Waals surface area contributed by atoms with Gasteiger partial charge in [-0.05, 0) is 140 Å². The normalized spacial score (nSPS) is 17.7. The topological polar surface area (TPSA) is 297 Å². The third-order valence-corrected chi connectivity index (χ3v) is 21.8. The number of rotatable bonds is 29. The number of nitrogens with one attached hydrogen (secondary N) is 2. The molecule has 5 aliphatic heterocycles. The van der Waals surface area contributed by atoms with E-state index in [1.165, 1.54) is 26.4 Å². The molecule has 3 N–H and O–H groups in total. The summed E-state index contributed by atoms with van der Waals surface area (Å²) < 4.78 is 37.3. The van der Waals surface area contributed by atoms with Crippen LogP contribution in [0.4, 0.5) is 16.2 Å². The molecular weight excluding hydrogens is 1390 g/mol. The lowest BCUT2D eigenvalue weighted by atomic mass is 9.89. The number of methoxy groups -OCH3 is 3. The highest BCUT2D eigenvalue weighted by molar-refractivity contribution is 6.07. The number of aliphatic hydroxyl groups is 1. The molecule has 109 heavy (non-hydrogen) atoms. The predicted molar refractivity (Wildman–Crippen MR) is 405 cm³/mol. The first kappa shape index (κ1) is 76.0. The summed E-state index contributed by atoms with van der Waals surface area (Å²) in [5, 5.41) is 26.6. The van der Waals surface area contributed by atoms with Crippen molar-refractivity contribution in [1.29, 1.82) is 0 Å². The van der Waals surface area contributed by atoms with E-state index >= 15 is 0 Å². The number of aliphatic hydroxyl groups excluding tert-OH is 1. The highest BCUT2D eigenvalue weighted by atomic mass is 16.6. The first-order valence-electron chi connectivity index (χ1n) is 37.5. The van der Waals surface area contributed by atoms with Crippen LogP contribution < -0.4 is 44.1 Å². The van der Waals surface area contributed by atoms with Gasteiger partial charge in [-0.25, -0.2) is 14.4 Å². The van der Waals surface area contributed by atoms with Gasteiger partial charge in [0.2, 0.25) is 17.7 Å². The second-order valence-electron chi connectivity index (χ2n) is 29.8. The van der Waals surface area contributed by atoms with Gasteiger partial charge in [-0.2, -0.15) is 0 Å². The van der Waals surface area contributed by atoms with Crippen LogP contribution in [0.5, 0.6) is 28.7 Å².